The number of aromatic nitrogens is 2. The lowest BCUT2D eigenvalue weighted by molar-refractivity contribution is 0.206. The van der Waals surface area contributed by atoms with Gasteiger partial charge in [-0.1, -0.05) is 12.1 Å². The molecule has 0 unspecified atom stereocenters. The summed E-state index contributed by atoms with van der Waals surface area (Å²) in [6, 6.07) is 8.32. The number of carbonyl (C=O) groups is 1. The molecular weight excluding hydrogens is 304 g/mol. The van der Waals surface area contributed by atoms with E-state index in [4.69, 9.17) is 4.74 Å². The Morgan fingerprint density at radius 2 is 2.17 bits per heavy atom. The average Bonchev–Trinajstić information content (AvgIpc) is 3.21. The van der Waals surface area contributed by atoms with E-state index in [9.17, 15) is 4.79 Å². The smallest absolute Gasteiger partial charge is 0.317 e. The van der Waals surface area contributed by atoms with Crippen molar-refractivity contribution in [1.29, 1.82) is 0 Å². The van der Waals surface area contributed by atoms with Gasteiger partial charge in [-0.15, -0.1) is 0 Å². The summed E-state index contributed by atoms with van der Waals surface area (Å²) < 4.78 is 7.20. The van der Waals surface area contributed by atoms with Crippen LogP contribution in [0.15, 0.2) is 36.7 Å². The molecule has 2 aromatic rings. The fourth-order valence-corrected chi connectivity index (χ4v) is 2.87. The largest absolute Gasteiger partial charge is 0.494 e. The highest BCUT2D eigenvalue weighted by atomic mass is 16.5. The molecule has 3 rings (SSSR count). The number of ether oxygens (including phenoxy) is 1. The quantitative estimate of drug-likeness (QED) is 0.886. The minimum atomic E-state index is -0.0442. The first kappa shape index (κ1) is 16.4. The molecule has 6 nitrogen and oxygen atoms in total. The van der Waals surface area contributed by atoms with Crippen LogP contribution < -0.4 is 10.1 Å². The van der Waals surface area contributed by atoms with Gasteiger partial charge in [0.05, 0.1) is 19.3 Å². The molecule has 0 spiro atoms. The van der Waals surface area contributed by atoms with E-state index >= 15 is 0 Å². The Morgan fingerprint density at radius 1 is 1.42 bits per heavy atom. The lowest BCUT2D eigenvalue weighted by Crippen LogP contribution is -2.38. The number of urea groups is 1. The van der Waals surface area contributed by atoms with Crippen molar-refractivity contribution in [2.75, 3.05) is 13.7 Å². The summed E-state index contributed by atoms with van der Waals surface area (Å²) >= 11 is 0. The van der Waals surface area contributed by atoms with Crippen molar-refractivity contribution >= 4 is 6.03 Å². The molecule has 2 amide bonds. The lowest BCUT2D eigenvalue weighted by atomic mass is 10.1. The molecule has 1 N–H and O–H groups in total. The number of benzene rings is 1. The van der Waals surface area contributed by atoms with E-state index in [2.05, 4.69) is 22.5 Å². The van der Waals surface area contributed by atoms with Crippen molar-refractivity contribution in [3.8, 4) is 5.75 Å². The molecule has 0 bridgehead atoms. The summed E-state index contributed by atoms with van der Waals surface area (Å²) in [6.07, 6.45) is 4.69. The summed E-state index contributed by atoms with van der Waals surface area (Å²) in [7, 11) is 3.67. The van der Waals surface area contributed by atoms with E-state index in [-0.39, 0.29) is 12.1 Å². The highest BCUT2D eigenvalue weighted by Gasteiger charge is 2.39. The fraction of sp³-hybridized carbons (Fsp3) is 0.444. The number of hydrogen-bond donors (Lipinski definition) is 1. The normalized spacial score (nSPS) is 19.0. The number of hydrogen-bond acceptors (Lipinski definition) is 3. The fourth-order valence-electron chi connectivity index (χ4n) is 2.87. The van der Waals surface area contributed by atoms with Gasteiger partial charge in [-0.2, -0.15) is 5.10 Å². The highest BCUT2D eigenvalue weighted by Crippen LogP contribution is 2.41. The summed E-state index contributed by atoms with van der Waals surface area (Å²) in [5, 5.41) is 7.22. The summed E-state index contributed by atoms with van der Waals surface area (Å²) in [4.78, 5) is 14.0. The van der Waals surface area contributed by atoms with Gasteiger partial charge in [-0.3, -0.25) is 4.68 Å². The Labute approximate surface area is 142 Å². The van der Waals surface area contributed by atoms with Gasteiger partial charge >= 0.3 is 6.03 Å². The van der Waals surface area contributed by atoms with E-state index in [0.717, 1.165) is 17.7 Å². The van der Waals surface area contributed by atoms with Gasteiger partial charge in [0.25, 0.3) is 0 Å². The number of aryl methyl sites for hydroxylation is 1. The van der Waals surface area contributed by atoms with Crippen LogP contribution in [-0.2, 0) is 13.6 Å². The Morgan fingerprint density at radius 3 is 2.79 bits per heavy atom. The summed E-state index contributed by atoms with van der Waals surface area (Å²) in [6.45, 7) is 3.20. The molecule has 24 heavy (non-hydrogen) atoms. The number of carbonyl (C=O) groups excluding carboxylic acids is 1. The van der Waals surface area contributed by atoms with E-state index < -0.39 is 0 Å². The Kier molecular flexibility index (Phi) is 4.74. The molecule has 1 fully saturated rings. The van der Waals surface area contributed by atoms with Crippen LogP contribution in [0.2, 0.25) is 0 Å². The zero-order valence-electron chi connectivity index (χ0n) is 14.4. The first-order chi connectivity index (χ1) is 11.6. The van der Waals surface area contributed by atoms with E-state index in [0.29, 0.717) is 19.1 Å². The number of nitrogens with zero attached hydrogens (tertiary/aromatic N) is 3. The average molecular weight is 328 g/mol. The zero-order chi connectivity index (χ0) is 17.1. The molecule has 1 saturated carbocycles. The second-order valence-corrected chi connectivity index (χ2v) is 6.28. The first-order valence-corrected chi connectivity index (χ1v) is 8.28. The van der Waals surface area contributed by atoms with Crippen molar-refractivity contribution < 1.29 is 9.53 Å². The van der Waals surface area contributed by atoms with Crippen molar-refractivity contribution in [3.63, 3.8) is 0 Å². The van der Waals surface area contributed by atoms with Gasteiger partial charge in [0.15, 0.2) is 0 Å². The molecule has 1 aliphatic carbocycles. The van der Waals surface area contributed by atoms with E-state index in [1.165, 1.54) is 5.56 Å². The minimum Gasteiger partial charge on any atom is -0.494 e. The third-order valence-electron chi connectivity index (χ3n) is 4.24. The van der Waals surface area contributed by atoms with Crippen LogP contribution in [0, 0.1) is 0 Å². The number of rotatable bonds is 6. The van der Waals surface area contributed by atoms with E-state index in [1.807, 2.05) is 32.3 Å². The van der Waals surface area contributed by atoms with Crippen LogP contribution >= 0.6 is 0 Å². The molecule has 2 atom stereocenters. The predicted molar refractivity (Wildman–Crippen MR) is 92.0 cm³/mol. The summed E-state index contributed by atoms with van der Waals surface area (Å²) in [5.41, 5.74) is 2.27. The molecule has 6 heteroatoms. The van der Waals surface area contributed by atoms with Gasteiger partial charge < -0.3 is 15.0 Å². The Balaban J connectivity index is 1.49. The van der Waals surface area contributed by atoms with Crippen LogP contribution in [0.3, 0.4) is 0 Å². The van der Waals surface area contributed by atoms with Crippen molar-refractivity contribution in [3.05, 3.63) is 47.8 Å². The van der Waals surface area contributed by atoms with Gasteiger partial charge in [0, 0.05) is 37.8 Å². The third kappa shape index (κ3) is 3.88. The van der Waals surface area contributed by atoms with Gasteiger partial charge in [-0.25, -0.2) is 4.79 Å². The maximum atomic E-state index is 12.3. The molecule has 1 aromatic carbocycles. The standard InChI is InChI=1S/C18H24N4O2/c1-4-24-15-7-5-14(6-8-15)16-9-17(16)20-18(23)21(2)11-13-10-19-22(3)12-13/h5-8,10,12,16-17H,4,9,11H2,1-3H3,(H,20,23)/t16-,17+/m0/s1. The Hall–Kier alpha value is -2.50. The molecule has 128 valence electrons. The second-order valence-electron chi connectivity index (χ2n) is 6.28. The van der Waals surface area contributed by atoms with Gasteiger partial charge in [0.1, 0.15) is 5.75 Å². The van der Waals surface area contributed by atoms with Gasteiger partial charge in [-0.05, 0) is 31.0 Å². The maximum absolute atomic E-state index is 12.3. The number of nitrogens with one attached hydrogen (secondary N) is 1. The first-order valence-electron chi connectivity index (χ1n) is 8.28. The van der Waals surface area contributed by atoms with Crippen LogP contribution in [-0.4, -0.2) is 40.4 Å². The molecular formula is C18H24N4O2. The van der Waals surface area contributed by atoms with Crippen LogP contribution in [0.4, 0.5) is 4.79 Å². The van der Waals surface area contributed by atoms with E-state index in [1.54, 1.807) is 22.8 Å². The monoisotopic (exact) mass is 328 g/mol. The molecule has 1 aromatic heterocycles. The second kappa shape index (κ2) is 6.95. The SMILES string of the molecule is CCOc1ccc([C@@H]2C[C@H]2NC(=O)N(C)Cc2cnn(C)c2)cc1. The number of amides is 2. The van der Waals surface area contributed by atoms with Crippen molar-refractivity contribution in [1.82, 2.24) is 20.0 Å². The predicted octanol–water partition coefficient (Wildman–Crippen LogP) is 2.52. The minimum absolute atomic E-state index is 0.0442. The van der Waals surface area contributed by atoms with Gasteiger partial charge in [0.2, 0.25) is 0 Å². The third-order valence-corrected chi connectivity index (χ3v) is 4.24. The lowest BCUT2D eigenvalue weighted by Gasteiger charge is -2.17. The Bertz CT molecular complexity index is 695. The maximum Gasteiger partial charge on any atom is 0.317 e. The van der Waals surface area contributed by atoms with Crippen LogP contribution in [0.5, 0.6) is 5.75 Å². The molecule has 0 radical (unpaired) electrons. The zero-order valence-corrected chi connectivity index (χ0v) is 14.4. The molecule has 0 aliphatic heterocycles. The van der Waals surface area contributed by atoms with Crippen molar-refractivity contribution in [2.24, 2.45) is 7.05 Å². The highest BCUT2D eigenvalue weighted by molar-refractivity contribution is 5.75. The molecule has 1 heterocycles. The van der Waals surface area contributed by atoms with Crippen LogP contribution in [0.1, 0.15) is 30.4 Å². The summed E-state index contributed by atoms with van der Waals surface area (Å²) in [5.74, 6) is 1.29. The van der Waals surface area contributed by atoms with Crippen LogP contribution in [0.25, 0.3) is 0 Å². The molecule has 0 saturated heterocycles. The van der Waals surface area contributed by atoms with Crippen molar-refractivity contribution in [2.45, 2.75) is 31.8 Å². The topological polar surface area (TPSA) is 59.4 Å². The molecule has 1 aliphatic rings.